The second-order valence-corrected chi connectivity index (χ2v) is 8.73. The van der Waals surface area contributed by atoms with E-state index in [1.165, 1.54) is 16.1 Å². The van der Waals surface area contributed by atoms with Crippen LogP contribution in [0.3, 0.4) is 0 Å². The van der Waals surface area contributed by atoms with Gasteiger partial charge in [-0.25, -0.2) is 17.5 Å². The molecular weight excluding hydrogens is 316 g/mol. The maximum atomic E-state index is 12.3. The highest BCUT2D eigenvalue weighted by Crippen LogP contribution is 2.29. The van der Waals surface area contributed by atoms with E-state index in [0.29, 0.717) is 37.3 Å². The molecule has 0 saturated carbocycles. The van der Waals surface area contributed by atoms with Gasteiger partial charge in [0.05, 0.1) is 12.2 Å². The summed E-state index contributed by atoms with van der Waals surface area (Å²) in [6.45, 7) is 0.552. The monoisotopic (exact) mass is 336 g/mol. The Morgan fingerprint density at radius 3 is 2.67 bits per heavy atom. The first-order chi connectivity index (χ1) is 9.74. The van der Waals surface area contributed by atoms with Crippen LogP contribution in [0.1, 0.15) is 19.3 Å². The van der Waals surface area contributed by atoms with Crippen LogP contribution in [0.2, 0.25) is 0 Å². The largest absolute Gasteiger partial charge is 0.479 e. The van der Waals surface area contributed by atoms with Crippen molar-refractivity contribution in [3.05, 3.63) is 0 Å². The quantitative estimate of drug-likeness (QED) is 0.733. The molecular formula is C12H20N2O5S2. The third kappa shape index (κ3) is 3.70. The lowest BCUT2D eigenvalue weighted by Gasteiger charge is -2.33. The molecule has 0 spiro atoms. The molecule has 120 valence electrons. The van der Waals surface area contributed by atoms with E-state index in [-0.39, 0.29) is 12.5 Å². The van der Waals surface area contributed by atoms with Gasteiger partial charge in [0.25, 0.3) is 0 Å². The van der Waals surface area contributed by atoms with Gasteiger partial charge in [-0.2, -0.15) is 11.8 Å². The van der Waals surface area contributed by atoms with E-state index in [9.17, 15) is 23.1 Å². The predicted octanol–water partition coefficient (Wildman–Crippen LogP) is -0.265. The molecule has 0 aromatic carbocycles. The number of thioether (sulfide) groups is 1. The summed E-state index contributed by atoms with van der Waals surface area (Å²) in [4.78, 5) is 23.8. The molecule has 2 saturated heterocycles. The van der Waals surface area contributed by atoms with Crippen molar-refractivity contribution in [2.24, 2.45) is 5.92 Å². The summed E-state index contributed by atoms with van der Waals surface area (Å²) in [5, 5.41) is 12.0. The minimum absolute atomic E-state index is 0.132. The number of rotatable bonds is 4. The molecule has 1 amide bonds. The third-order valence-corrected chi connectivity index (χ3v) is 6.48. The molecule has 0 aromatic rings. The van der Waals surface area contributed by atoms with Crippen molar-refractivity contribution in [1.29, 1.82) is 0 Å². The van der Waals surface area contributed by atoms with E-state index in [0.717, 1.165) is 6.26 Å². The standard InChI is InChI=1S/C12H20N2O5S2/c1-21(18,19)14-5-2-3-9(7-14)10(15)13-12(11(16)17)4-6-20-8-12/h9H,2-8H2,1H3,(H,13,15)(H,16,17)/t9-,12-/m0/s1. The van der Waals surface area contributed by atoms with Gasteiger partial charge in [-0.1, -0.05) is 0 Å². The predicted molar refractivity (Wildman–Crippen MR) is 79.6 cm³/mol. The van der Waals surface area contributed by atoms with Crippen LogP contribution >= 0.6 is 11.8 Å². The lowest BCUT2D eigenvalue weighted by molar-refractivity contribution is -0.147. The lowest BCUT2D eigenvalue weighted by atomic mass is 9.94. The summed E-state index contributed by atoms with van der Waals surface area (Å²) in [5.74, 6) is -0.788. The van der Waals surface area contributed by atoms with Crippen LogP contribution in [-0.2, 0) is 19.6 Å². The minimum Gasteiger partial charge on any atom is -0.479 e. The second-order valence-electron chi connectivity index (χ2n) is 5.64. The number of aliphatic carboxylic acids is 1. The van der Waals surface area contributed by atoms with Crippen molar-refractivity contribution in [1.82, 2.24) is 9.62 Å². The van der Waals surface area contributed by atoms with Crippen LogP contribution in [0.15, 0.2) is 0 Å². The zero-order chi connectivity index (χ0) is 15.7. The Bertz CT molecular complexity index is 528. The number of carbonyl (C=O) groups is 2. The summed E-state index contributed by atoms with van der Waals surface area (Å²) in [6.07, 6.45) is 2.72. The summed E-state index contributed by atoms with van der Waals surface area (Å²) in [6, 6.07) is 0. The zero-order valence-electron chi connectivity index (χ0n) is 11.9. The highest BCUT2D eigenvalue weighted by Gasteiger charge is 2.44. The Balaban J connectivity index is 2.04. The number of piperidine rings is 1. The van der Waals surface area contributed by atoms with Crippen LogP contribution in [0, 0.1) is 5.92 Å². The summed E-state index contributed by atoms with van der Waals surface area (Å²) < 4.78 is 24.4. The van der Waals surface area contributed by atoms with Crippen LogP contribution < -0.4 is 5.32 Å². The number of amides is 1. The Kier molecular flexibility index (Phi) is 4.84. The Morgan fingerprint density at radius 1 is 1.43 bits per heavy atom. The molecule has 0 radical (unpaired) electrons. The fraction of sp³-hybridized carbons (Fsp3) is 0.833. The normalized spacial score (nSPS) is 31.0. The molecule has 0 bridgehead atoms. The lowest BCUT2D eigenvalue weighted by Crippen LogP contribution is -2.57. The number of hydrogen-bond acceptors (Lipinski definition) is 5. The van der Waals surface area contributed by atoms with E-state index in [4.69, 9.17) is 0 Å². The van der Waals surface area contributed by atoms with Gasteiger partial charge in [-0.05, 0) is 25.0 Å². The highest BCUT2D eigenvalue weighted by molar-refractivity contribution is 7.99. The van der Waals surface area contributed by atoms with Gasteiger partial charge in [0, 0.05) is 18.8 Å². The van der Waals surface area contributed by atoms with Crippen LogP contribution in [0.4, 0.5) is 0 Å². The second kappa shape index (κ2) is 6.13. The first-order valence-corrected chi connectivity index (χ1v) is 9.83. The Morgan fingerprint density at radius 2 is 2.14 bits per heavy atom. The van der Waals surface area contributed by atoms with Gasteiger partial charge in [0.2, 0.25) is 15.9 Å². The molecule has 0 aliphatic carbocycles. The zero-order valence-corrected chi connectivity index (χ0v) is 13.5. The van der Waals surface area contributed by atoms with Crippen molar-refractivity contribution >= 4 is 33.7 Å². The van der Waals surface area contributed by atoms with Crippen LogP contribution in [0.5, 0.6) is 0 Å². The summed E-state index contributed by atoms with van der Waals surface area (Å²) >= 11 is 1.50. The minimum atomic E-state index is -3.32. The van der Waals surface area contributed by atoms with Gasteiger partial charge in [-0.3, -0.25) is 4.79 Å². The molecule has 7 nitrogen and oxygen atoms in total. The van der Waals surface area contributed by atoms with Crippen molar-refractivity contribution in [2.45, 2.75) is 24.8 Å². The van der Waals surface area contributed by atoms with Crippen molar-refractivity contribution in [2.75, 3.05) is 30.9 Å². The summed E-state index contributed by atoms with van der Waals surface area (Å²) in [5.41, 5.74) is -1.20. The van der Waals surface area contributed by atoms with Crippen molar-refractivity contribution < 1.29 is 23.1 Å². The SMILES string of the molecule is CS(=O)(=O)N1CCC[C@H](C(=O)N[C@@]2(C(=O)O)CCSC2)C1. The smallest absolute Gasteiger partial charge is 0.330 e. The fourth-order valence-electron chi connectivity index (χ4n) is 2.68. The van der Waals surface area contributed by atoms with E-state index in [2.05, 4.69) is 5.32 Å². The molecule has 2 atom stereocenters. The molecule has 2 heterocycles. The molecule has 9 heteroatoms. The molecule has 2 N–H and O–H groups in total. The highest BCUT2D eigenvalue weighted by atomic mass is 32.2. The number of nitrogens with zero attached hydrogens (tertiary/aromatic N) is 1. The topological polar surface area (TPSA) is 104 Å². The maximum absolute atomic E-state index is 12.3. The molecule has 2 aliphatic heterocycles. The fourth-order valence-corrected chi connectivity index (χ4v) is 4.92. The average Bonchev–Trinajstić information content (AvgIpc) is 2.88. The van der Waals surface area contributed by atoms with Gasteiger partial charge < -0.3 is 10.4 Å². The maximum Gasteiger partial charge on any atom is 0.330 e. The Hall–Kier alpha value is -0.800. The first kappa shape index (κ1) is 16.6. The van der Waals surface area contributed by atoms with Gasteiger partial charge >= 0.3 is 5.97 Å². The van der Waals surface area contributed by atoms with Gasteiger partial charge in [0.1, 0.15) is 5.54 Å². The number of carboxylic acid groups (broad SMARTS) is 1. The number of hydrogen-bond donors (Lipinski definition) is 2. The van der Waals surface area contributed by atoms with Crippen molar-refractivity contribution in [3.63, 3.8) is 0 Å². The third-order valence-electron chi connectivity index (χ3n) is 4.02. The van der Waals surface area contributed by atoms with Crippen LogP contribution in [0.25, 0.3) is 0 Å². The van der Waals surface area contributed by atoms with E-state index in [1.54, 1.807) is 0 Å². The van der Waals surface area contributed by atoms with Crippen molar-refractivity contribution in [3.8, 4) is 0 Å². The molecule has 2 fully saturated rings. The Labute approximate surface area is 128 Å². The molecule has 2 aliphatic rings. The molecule has 0 aromatic heterocycles. The number of carboxylic acids is 1. The molecule has 0 unspecified atom stereocenters. The molecule has 21 heavy (non-hydrogen) atoms. The molecule has 2 rings (SSSR count). The van der Waals surface area contributed by atoms with E-state index < -0.39 is 27.4 Å². The average molecular weight is 336 g/mol. The number of nitrogens with one attached hydrogen (secondary N) is 1. The van der Waals surface area contributed by atoms with Crippen LogP contribution in [-0.4, -0.2) is 66.1 Å². The van der Waals surface area contributed by atoms with E-state index in [1.807, 2.05) is 0 Å². The van der Waals surface area contributed by atoms with Gasteiger partial charge in [-0.15, -0.1) is 0 Å². The number of sulfonamides is 1. The van der Waals surface area contributed by atoms with Gasteiger partial charge in [0.15, 0.2) is 0 Å². The first-order valence-electron chi connectivity index (χ1n) is 6.83. The number of carbonyl (C=O) groups excluding carboxylic acids is 1. The summed E-state index contributed by atoms with van der Waals surface area (Å²) in [7, 11) is -3.32. The van der Waals surface area contributed by atoms with E-state index >= 15 is 0 Å².